The van der Waals surface area contributed by atoms with Crippen LogP contribution in [0.4, 0.5) is 0 Å². The van der Waals surface area contributed by atoms with Crippen molar-refractivity contribution in [3.8, 4) is 0 Å². The summed E-state index contributed by atoms with van der Waals surface area (Å²) in [5.74, 6) is 1.02. The lowest BCUT2D eigenvalue weighted by molar-refractivity contribution is 0.00840. The Labute approximate surface area is 145 Å². The fourth-order valence-corrected chi connectivity index (χ4v) is 3.05. The molecule has 1 aromatic rings. The van der Waals surface area contributed by atoms with E-state index >= 15 is 0 Å². The number of benzene rings is 1. The van der Waals surface area contributed by atoms with Crippen LogP contribution in [0.1, 0.15) is 10.4 Å². The molecule has 0 bridgehead atoms. The van der Waals surface area contributed by atoms with Crippen LogP contribution in [-0.2, 0) is 9.47 Å². The van der Waals surface area contributed by atoms with Gasteiger partial charge in [0.1, 0.15) is 5.82 Å². The Morgan fingerprint density at radius 3 is 1.87 bits per heavy atom. The number of halogens is 1. The van der Waals surface area contributed by atoms with Crippen molar-refractivity contribution < 1.29 is 14.3 Å². The van der Waals surface area contributed by atoms with Gasteiger partial charge in [0.05, 0.1) is 26.4 Å². The largest absolute Gasteiger partial charge is 0.378 e. The Kier molecular flexibility index (Phi) is 5.70. The molecule has 3 rings (SSSR count). The first-order chi connectivity index (χ1) is 11.2. The normalized spacial score (nSPS) is 18.7. The number of morpholine rings is 2. The summed E-state index contributed by atoms with van der Waals surface area (Å²) in [6.07, 6.45) is 1.76. The Bertz CT molecular complexity index is 542. The Morgan fingerprint density at radius 2 is 1.39 bits per heavy atom. The lowest BCUT2D eigenvalue weighted by Crippen LogP contribution is -2.46. The van der Waals surface area contributed by atoms with Crippen molar-refractivity contribution in [2.45, 2.75) is 0 Å². The van der Waals surface area contributed by atoms with Crippen LogP contribution < -0.4 is 0 Å². The highest BCUT2D eigenvalue weighted by molar-refractivity contribution is 9.10. The van der Waals surface area contributed by atoms with Crippen molar-refractivity contribution in [3.63, 3.8) is 0 Å². The van der Waals surface area contributed by atoms with E-state index in [0.717, 1.165) is 36.5 Å². The minimum atomic E-state index is 0.0329. The van der Waals surface area contributed by atoms with Gasteiger partial charge >= 0.3 is 0 Å². The van der Waals surface area contributed by atoms with Gasteiger partial charge in [0, 0.05) is 42.3 Å². The maximum atomic E-state index is 12.6. The molecule has 0 N–H and O–H groups in total. The van der Waals surface area contributed by atoms with E-state index in [1.165, 1.54) is 0 Å². The van der Waals surface area contributed by atoms with E-state index in [-0.39, 0.29) is 5.78 Å². The molecule has 0 saturated carbocycles. The summed E-state index contributed by atoms with van der Waals surface area (Å²) < 4.78 is 11.8. The van der Waals surface area contributed by atoms with Gasteiger partial charge in [-0.05, 0) is 24.3 Å². The molecule has 1 aromatic carbocycles. The number of carbonyl (C=O) groups excluding carboxylic acids is 1. The Morgan fingerprint density at radius 1 is 0.913 bits per heavy atom. The van der Waals surface area contributed by atoms with Crippen molar-refractivity contribution >= 4 is 21.7 Å². The molecule has 2 saturated heterocycles. The second kappa shape index (κ2) is 7.95. The number of allylic oxidation sites excluding steroid dienone is 1. The zero-order chi connectivity index (χ0) is 16.1. The lowest BCUT2D eigenvalue weighted by atomic mass is 10.1. The molecule has 2 heterocycles. The molecule has 0 unspecified atom stereocenters. The summed E-state index contributed by atoms with van der Waals surface area (Å²) >= 11 is 3.40. The van der Waals surface area contributed by atoms with Gasteiger partial charge in [0.15, 0.2) is 5.78 Å². The average Bonchev–Trinajstić information content (AvgIpc) is 2.61. The quantitative estimate of drug-likeness (QED) is 0.591. The lowest BCUT2D eigenvalue weighted by Gasteiger charge is -2.39. The number of hydrogen-bond acceptors (Lipinski definition) is 5. The van der Waals surface area contributed by atoms with E-state index in [2.05, 4.69) is 25.7 Å². The van der Waals surface area contributed by atoms with Gasteiger partial charge in [-0.25, -0.2) is 0 Å². The zero-order valence-electron chi connectivity index (χ0n) is 13.0. The summed E-state index contributed by atoms with van der Waals surface area (Å²) in [6.45, 7) is 6.08. The number of ether oxygens (including phenoxy) is 2. The van der Waals surface area contributed by atoms with Gasteiger partial charge in [-0.15, -0.1) is 0 Å². The van der Waals surface area contributed by atoms with Gasteiger partial charge in [0.2, 0.25) is 0 Å². The van der Waals surface area contributed by atoms with Gasteiger partial charge < -0.3 is 19.3 Å². The minimum absolute atomic E-state index is 0.0329. The topological polar surface area (TPSA) is 42.0 Å². The molecule has 0 atom stereocenters. The molecular weight excluding hydrogens is 360 g/mol. The second-order valence-corrected chi connectivity index (χ2v) is 6.49. The van der Waals surface area contributed by atoms with Crippen LogP contribution in [0.15, 0.2) is 40.6 Å². The van der Waals surface area contributed by atoms with Crippen molar-refractivity contribution in [2.75, 3.05) is 52.6 Å². The average molecular weight is 381 g/mol. The summed E-state index contributed by atoms with van der Waals surface area (Å²) in [6, 6.07) is 7.48. The number of carbonyl (C=O) groups is 1. The third-order valence-corrected chi connectivity index (χ3v) is 4.59. The van der Waals surface area contributed by atoms with Gasteiger partial charge in [-0.1, -0.05) is 15.9 Å². The maximum absolute atomic E-state index is 12.6. The molecule has 6 heteroatoms. The van der Waals surface area contributed by atoms with E-state index < -0.39 is 0 Å². The van der Waals surface area contributed by atoms with Crippen molar-refractivity contribution in [3.05, 3.63) is 46.2 Å². The number of nitrogens with zero attached hydrogens (tertiary/aromatic N) is 2. The minimum Gasteiger partial charge on any atom is -0.378 e. The van der Waals surface area contributed by atoms with E-state index in [4.69, 9.17) is 9.47 Å². The standard InChI is InChI=1S/C17H21BrN2O3/c18-15-3-1-14(2-4-15)16(21)13-17(19-5-9-22-10-6-19)20-7-11-23-12-8-20/h1-4,13H,5-12H2. The monoisotopic (exact) mass is 380 g/mol. The predicted molar refractivity (Wildman–Crippen MR) is 91.3 cm³/mol. The van der Waals surface area contributed by atoms with Crippen LogP contribution in [0.2, 0.25) is 0 Å². The SMILES string of the molecule is O=C(C=C(N1CCOCC1)N1CCOCC1)c1ccc(Br)cc1. The number of rotatable bonds is 4. The summed E-state index contributed by atoms with van der Waals surface area (Å²) in [5, 5.41) is 0. The first-order valence-electron chi connectivity index (χ1n) is 7.91. The molecule has 0 aliphatic carbocycles. The maximum Gasteiger partial charge on any atom is 0.189 e. The first-order valence-corrected chi connectivity index (χ1v) is 8.70. The predicted octanol–water partition coefficient (Wildman–Crippen LogP) is 2.14. The fraction of sp³-hybridized carbons (Fsp3) is 0.471. The van der Waals surface area contributed by atoms with Crippen LogP contribution >= 0.6 is 15.9 Å². The molecule has 0 aromatic heterocycles. The molecule has 0 amide bonds. The second-order valence-electron chi connectivity index (χ2n) is 5.57. The van der Waals surface area contributed by atoms with Gasteiger partial charge in [0.25, 0.3) is 0 Å². The van der Waals surface area contributed by atoms with Crippen molar-refractivity contribution in [1.29, 1.82) is 0 Å². The summed E-state index contributed by atoms with van der Waals surface area (Å²) in [4.78, 5) is 17.1. The van der Waals surface area contributed by atoms with Crippen molar-refractivity contribution in [1.82, 2.24) is 9.80 Å². The van der Waals surface area contributed by atoms with E-state index in [0.29, 0.717) is 32.0 Å². The highest BCUT2D eigenvalue weighted by atomic mass is 79.9. The highest BCUT2D eigenvalue weighted by Crippen LogP contribution is 2.17. The van der Waals surface area contributed by atoms with Crippen LogP contribution in [0.25, 0.3) is 0 Å². The third kappa shape index (κ3) is 4.34. The van der Waals surface area contributed by atoms with Gasteiger partial charge in [-0.3, -0.25) is 4.79 Å². The molecule has 2 fully saturated rings. The van der Waals surface area contributed by atoms with Crippen LogP contribution in [-0.4, -0.2) is 68.2 Å². The third-order valence-electron chi connectivity index (χ3n) is 4.06. The fourth-order valence-electron chi connectivity index (χ4n) is 2.78. The van der Waals surface area contributed by atoms with Crippen LogP contribution in [0, 0.1) is 0 Å². The molecule has 0 radical (unpaired) electrons. The van der Waals surface area contributed by atoms with E-state index in [1.54, 1.807) is 6.08 Å². The molecular formula is C17H21BrN2O3. The highest BCUT2D eigenvalue weighted by Gasteiger charge is 2.22. The molecule has 0 spiro atoms. The summed E-state index contributed by atoms with van der Waals surface area (Å²) in [5.41, 5.74) is 0.701. The number of hydrogen-bond donors (Lipinski definition) is 0. The molecule has 23 heavy (non-hydrogen) atoms. The van der Waals surface area contributed by atoms with Crippen LogP contribution in [0.3, 0.4) is 0 Å². The van der Waals surface area contributed by atoms with Crippen LogP contribution in [0.5, 0.6) is 0 Å². The Balaban J connectivity index is 1.83. The zero-order valence-corrected chi connectivity index (χ0v) is 14.6. The summed E-state index contributed by atoms with van der Waals surface area (Å²) in [7, 11) is 0. The molecule has 5 nitrogen and oxygen atoms in total. The first kappa shape index (κ1) is 16.5. The number of ketones is 1. The molecule has 2 aliphatic heterocycles. The smallest absolute Gasteiger partial charge is 0.189 e. The van der Waals surface area contributed by atoms with Crippen molar-refractivity contribution in [2.24, 2.45) is 0 Å². The van der Waals surface area contributed by atoms with E-state index in [9.17, 15) is 4.79 Å². The Hall–Kier alpha value is -1.37. The van der Waals surface area contributed by atoms with E-state index in [1.807, 2.05) is 24.3 Å². The molecule has 2 aliphatic rings. The van der Waals surface area contributed by atoms with Gasteiger partial charge in [-0.2, -0.15) is 0 Å². The molecule has 124 valence electrons.